The van der Waals surface area contributed by atoms with E-state index >= 15 is 0 Å². The Hall–Kier alpha value is -2.86. The van der Waals surface area contributed by atoms with Crippen LogP contribution < -0.4 is 26.2 Å². The normalized spacial score (nSPS) is 13.6. The maximum Gasteiger partial charge on any atom is 0.264 e. The lowest BCUT2D eigenvalue weighted by Crippen LogP contribution is -2.46. The molecule has 0 saturated carbocycles. The molecule has 0 fully saturated rings. The van der Waals surface area contributed by atoms with Crippen molar-refractivity contribution >= 4 is 33.5 Å². The number of amides is 1. The van der Waals surface area contributed by atoms with Gasteiger partial charge in [-0.25, -0.2) is 13.1 Å². The van der Waals surface area contributed by atoms with Gasteiger partial charge in [0, 0.05) is 24.2 Å². The summed E-state index contributed by atoms with van der Waals surface area (Å²) in [6.45, 7) is 5.66. The molecule has 1 unspecified atom stereocenters. The van der Waals surface area contributed by atoms with Gasteiger partial charge < -0.3 is 26.6 Å². The molecule has 204 valence electrons. The average Bonchev–Trinajstić information content (AvgIpc) is 2.84. The third kappa shape index (κ3) is 8.60. The summed E-state index contributed by atoms with van der Waals surface area (Å²) in [6, 6.07) is 8.12. The number of aryl methyl sites for hydroxylation is 1. The maximum atomic E-state index is 12.9. The minimum atomic E-state index is -3.96. The molecule has 10 nitrogen and oxygen atoms in total. The van der Waals surface area contributed by atoms with Crippen LogP contribution in [-0.2, 0) is 21.2 Å². The van der Waals surface area contributed by atoms with Crippen molar-refractivity contribution in [1.29, 1.82) is 0 Å². The number of hydrogen-bond donors (Lipinski definition) is 5. The molecule has 2 aromatic carbocycles. The molecule has 2 aromatic rings. The molecule has 2 atom stereocenters. The number of carbonyl (C=O) groups excluding carboxylic acids is 1. The smallest absolute Gasteiger partial charge is 0.264 e. The van der Waals surface area contributed by atoms with Crippen molar-refractivity contribution in [2.45, 2.75) is 57.1 Å². The number of aliphatic hydroxyl groups is 1. The van der Waals surface area contributed by atoms with E-state index in [4.69, 9.17) is 27.8 Å². The number of sulfonamides is 1. The van der Waals surface area contributed by atoms with Gasteiger partial charge in [-0.3, -0.25) is 9.79 Å². The Kier molecular flexibility index (Phi) is 11.2. The van der Waals surface area contributed by atoms with E-state index < -0.39 is 28.1 Å². The van der Waals surface area contributed by atoms with Crippen molar-refractivity contribution in [2.75, 3.05) is 20.2 Å². The number of benzene rings is 2. The fraction of sp³-hybridized carbons (Fsp3) is 0.440. The number of guanidine groups is 1. The highest BCUT2D eigenvalue weighted by molar-refractivity contribution is 7.90. The molecule has 7 N–H and O–H groups in total. The lowest BCUT2D eigenvalue weighted by Gasteiger charge is -2.18. The second-order valence-electron chi connectivity index (χ2n) is 8.77. The Morgan fingerprint density at radius 1 is 1.19 bits per heavy atom. The molecule has 0 aliphatic carbocycles. The molecule has 0 bridgehead atoms. The topological polar surface area (TPSA) is 169 Å². The molecule has 0 heterocycles. The van der Waals surface area contributed by atoms with Gasteiger partial charge in [-0.15, -0.1) is 0 Å². The van der Waals surface area contributed by atoms with Crippen LogP contribution in [0, 0.1) is 20.8 Å². The van der Waals surface area contributed by atoms with Crippen molar-refractivity contribution in [2.24, 2.45) is 16.5 Å². The number of aliphatic hydroxyl groups excluding tert-OH is 1. The number of methoxy groups -OCH3 is 1. The predicted molar refractivity (Wildman–Crippen MR) is 145 cm³/mol. The van der Waals surface area contributed by atoms with Gasteiger partial charge in [-0.1, -0.05) is 23.7 Å². The van der Waals surface area contributed by atoms with Gasteiger partial charge in [0.05, 0.1) is 12.0 Å². The number of nitrogens with zero attached hydrogens (tertiary/aromatic N) is 1. The summed E-state index contributed by atoms with van der Waals surface area (Å²) >= 11 is 5.86. The first-order valence-electron chi connectivity index (χ1n) is 11.8. The second kappa shape index (κ2) is 13.6. The number of ether oxygens (including phenoxy) is 1. The van der Waals surface area contributed by atoms with Crippen molar-refractivity contribution in [3.8, 4) is 5.75 Å². The quantitative estimate of drug-likeness (QED) is 0.151. The molecule has 12 heteroatoms. The zero-order valence-corrected chi connectivity index (χ0v) is 23.1. The van der Waals surface area contributed by atoms with E-state index in [0.29, 0.717) is 46.8 Å². The summed E-state index contributed by atoms with van der Waals surface area (Å²) in [5, 5.41) is 13.5. The second-order valence-corrected chi connectivity index (χ2v) is 10.8. The van der Waals surface area contributed by atoms with Crippen molar-refractivity contribution < 1.29 is 23.1 Å². The number of rotatable bonds is 12. The Balaban J connectivity index is 1.83. The molecule has 0 aliphatic rings. The van der Waals surface area contributed by atoms with Crippen LogP contribution in [-0.4, -0.2) is 57.7 Å². The van der Waals surface area contributed by atoms with E-state index in [1.807, 2.05) is 12.1 Å². The van der Waals surface area contributed by atoms with E-state index in [2.05, 4.69) is 15.0 Å². The van der Waals surface area contributed by atoms with Crippen LogP contribution in [0.1, 0.15) is 35.1 Å². The molecule has 2 rings (SSSR count). The maximum absolute atomic E-state index is 12.9. The first kappa shape index (κ1) is 30.4. The van der Waals surface area contributed by atoms with Gasteiger partial charge in [-0.2, -0.15) is 0 Å². The van der Waals surface area contributed by atoms with Gasteiger partial charge >= 0.3 is 0 Å². The summed E-state index contributed by atoms with van der Waals surface area (Å²) in [5.41, 5.74) is 14.6. The Labute approximate surface area is 223 Å². The van der Waals surface area contributed by atoms with E-state index in [1.54, 1.807) is 39.0 Å². The van der Waals surface area contributed by atoms with Crippen LogP contribution in [0.25, 0.3) is 0 Å². The molecule has 0 spiro atoms. The highest BCUT2D eigenvalue weighted by Crippen LogP contribution is 2.30. The third-order valence-electron chi connectivity index (χ3n) is 5.98. The number of halogens is 1. The van der Waals surface area contributed by atoms with Crippen LogP contribution in [0.4, 0.5) is 0 Å². The molecule has 0 aromatic heterocycles. The zero-order chi connectivity index (χ0) is 27.8. The Morgan fingerprint density at radius 3 is 2.46 bits per heavy atom. The number of hydrogen-bond acceptors (Lipinski definition) is 7. The van der Waals surface area contributed by atoms with E-state index in [-0.39, 0.29) is 23.8 Å². The number of nitrogens with one attached hydrogen (secondary N) is 2. The Morgan fingerprint density at radius 2 is 1.84 bits per heavy atom. The molecule has 0 aliphatic heterocycles. The SMILES string of the molecule is COc1cc(C)c(S(=O)(=O)NC(N)=NCCC[C@H](N)C(O)C(=O)NCCc2ccc(Cl)cc2)c(C)c1C. The lowest BCUT2D eigenvalue weighted by molar-refractivity contribution is -0.130. The van der Waals surface area contributed by atoms with Crippen LogP contribution >= 0.6 is 11.6 Å². The van der Waals surface area contributed by atoms with Crippen molar-refractivity contribution in [1.82, 2.24) is 10.0 Å². The highest BCUT2D eigenvalue weighted by atomic mass is 35.5. The summed E-state index contributed by atoms with van der Waals surface area (Å²) in [7, 11) is -2.44. The minimum absolute atomic E-state index is 0.121. The summed E-state index contributed by atoms with van der Waals surface area (Å²) in [4.78, 5) is 16.4. The van der Waals surface area contributed by atoms with Gasteiger partial charge in [0.1, 0.15) is 11.9 Å². The zero-order valence-electron chi connectivity index (χ0n) is 21.5. The standard InChI is InChI=1S/C25H36ClN5O5S/c1-15-14-21(36-4)16(2)17(3)23(15)37(34,35)31-25(28)30-12-5-6-20(27)22(32)24(33)29-13-11-18-7-9-19(26)10-8-18/h7-10,14,20,22,32H,5-6,11-13,27H2,1-4H3,(H,29,33)(H3,28,30,31)/t20-,22?/m0/s1. The van der Waals surface area contributed by atoms with Crippen LogP contribution in [0.15, 0.2) is 40.2 Å². The molecular formula is C25H36ClN5O5S. The number of nitrogens with two attached hydrogens (primary N) is 2. The third-order valence-corrected chi connectivity index (χ3v) is 7.88. The Bertz CT molecular complexity index is 1220. The van der Waals surface area contributed by atoms with Crippen molar-refractivity contribution in [3.05, 3.63) is 57.6 Å². The number of aliphatic imine (C=N–C) groups is 1. The fourth-order valence-corrected chi connectivity index (χ4v) is 5.44. The lowest BCUT2D eigenvalue weighted by atomic mass is 10.1. The summed E-state index contributed by atoms with van der Waals surface area (Å²) in [6.07, 6.45) is -0.123. The van der Waals surface area contributed by atoms with Crippen LogP contribution in [0.3, 0.4) is 0 Å². The van der Waals surface area contributed by atoms with Crippen LogP contribution in [0.2, 0.25) is 5.02 Å². The minimum Gasteiger partial charge on any atom is -0.496 e. The average molecular weight is 554 g/mol. The summed E-state index contributed by atoms with van der Waals surface area (Å²) in [5.74, 6) is -0.219. The van der Waals surface area contributed by atoms with E-state index in [1.165, 1.54) is 7.11 Å². The van der Waals surface area contributed by atoms with Crippen molar-refractivity contribution in [3.63, 3.8) is 0 Å². The molecule has 37 heavy (non-hydrogen) atoms. The number of carbonyl (C=O) groups is 1. The first-order valence-corrected chi connectivity index (χ1v) is 13.7. The van der Waals surface area contributed by atoms with Gasteiger partial charge in [0.2, 0.25) is 11.9 Å². The predicted octanol–water partition coefficient (Wildman–Crippen LogP) is 1.69. The first-order chi connectivity index (χ1) is 17.4. The van der Waals surface area contributed by atoms with Gasteiger partial charge in [0.15, 0.2) is 0 Å². The molecule has 0 saturated heterocycles. The van der Waals surface area contributed by atoms with E-state index in [0.717, 1.165) is 5.56 Å². The monoisotopic (exact) mass is 553 g/mol. The highest BCUT2D eigenvalue weighted by Gasteiger charge is 2.24. The largest absolute Gasteiger partial charge is 0.496 e. The van der Waals surface area contributed by atoms with Crippen LogP contribution in [0.5, 0.6) is 5.75 Å². The molecular weight excluding hydrogens is 518 g/mol. The van der Waals surface area contributed by atoms with Gasteiger partial charge in [0.25, 0.3) is 10.0 Å². The molecule has 1 amide bonds. The summed E-state index contributed by atoms with van der Waals surface area (Å²) < 4.78 is 33.4. The van der Waals surface area contributed by atoms with Gasteiger partial charge in [-0.05, 0) is 80.5 Å². The molecule has 0 radical (unpaired) electrons. The van der Waals surface area contributed by atoms with E-state index in [9.17, 15) is 18.3 Å². The fourth-order valence-electron chi connectivity index (χ4n) is 3.83.